The van der Waals surface area contributed by atoms with Gasteiger partial charge in [-0.05, 0) is 38.2 Å². The number of anilines is 1. The molecule has 0 N–H and O–H groups in total. The highest BCUT2D eigenvalue weighted by molar-refractivity contribution is 7.98. The fourth-order valence-electron chi connectivity index (χ4n) is 3.97. The summed E-state index contributed by atoms with van der Waals surface area (Å²) in [6.07, 6.45) is 3.31. The van der Waals surface area contributed by atoms with Crippen LogP contribution in [-0.2, 0) is 17.8 Å². The number of rotatable bonds is 2. The van der Waals surface area contributed by atoms with Crippen LogP contribution in [0.3, 0.4) is 0 Å². The zero-order chi connectivity index (χ0) is 22.3. The molecule has 0 radical (unpaired) electrons. The third-order valence-electron chi connectivity index (χ3n) is 5.39. The summed E-state index contributed by atoms with van der Waals surface area (Å²) < 4.78 is 5.61. The zero-order valence-electron chi connectivity index (χ0n) is 18.5. The molecule has 1 aromatic carbocycles. The molecule has 8 nitrogen and oxygen atoms in total. The van der Waals surface area contributed by atoms with Crippen LogP contribution >= 0.6 is 11.8 Å². The summed E-state index contributed by atoms with van der Waals surface area (Å²) in [4.78, 5) is 40.1. The summed E-state index contributed by atoms with van der Waals surface area (Å²) in [5, 5.41) is 0.631. The van der Waals surface area contributed by atoms with Gasteiger partial charge in [0.2, 0.25) is 0 Å². The molecular weight excluding hydrogens is 414 g/mol. The molecule has 2 aromatic rings. The van der Waals surface area contributed by atoms with Gasteiger partial charge in [-0.25, -0.2) is 19.6 Å². The van der Waals surface area contributed by atoms with Gasteiger partial charge in [-0.2, -0.15) is 0 Å². The van der Waals surface area contributed by atoms with E-state index in [1.165, 1.54) is 11.8 Å². The molecule has 1 atom stereocenters. The summed E-state index contributed by atoms with van der Waals surface area (Å²) in [6.45, 7) is 6.75. The minimum absolute atomic E-state index is 0.149. The van der Waals surface area contributed by atoms with E-state index in [-0.39, 0.29) is 18.2 Å². The number of benzene rings is 1. The second kappa shape index (κ2) is 8.03. The third-order valence-corrected chi connectivity index (χ3v) is 5.95. The van der Waals surface area contributed by atoms with Gasteiger partial charge >= 0.3 is 12.1 Å². The molecular formula is C22H27N5O3S. The largest absolute Gasteiger partial charge is 0.444 e. The van der Waals surface area contributed by atoms with E-state index in [0.29, 0.717) is 30.6 Å². The molecule has 1 unspecified atom stereocenters. The maximum Gasteiger partial charge on any atom is 0.410 e. The molecule has 3 amide bonds. The molecule has 0 saturated carbocycles. The molecule has 0 fully saturated rings. The molecule has 164 valence electrons. The van der Waals surface area contributed by atoms with Gasteiger partial charge in [-0.15, -0.1) is 0 Å². The summed E-state index contributed by atoms with van der Waals surface area (Å²) in [5.74, 6) is 0.633. The molecule has 31 heavy (non-hydrogen) atoms. The van der Waals surface area contributed by atoms with Crippen LogP contribution in [0.4, 0.5) is 15.4 Å². The standard InChI is InChI=1S/C22H27N5O3S/c1-22(2,3)30-21(29)26-11-14-8-6-7-9-16(14)17(13-26)27-12-15-10-23-19(31-5)24-18(15)25(4)20(27)28/h6-10,17H,11-13H2,1-5H3. The minimum Gasteiger partial charge on any atom is -0.444 e. The first-order valence-electron chi connectivity index (χ1n) is 10.2. The van der Waals surface area contributed by atoms with E-state index in [1.807, 2.05) is 51.3 Å². The van der Waals surface area contributed by atoms with Crippen molar-refractivity contribution in [2.24, 2.45) is 0 Å². The number of hydrogen-bond donors (Lipinski definition) is 0. The van der Waals surface area contributed by atoms with Gasteiger partial charge in [0.25, 0.3) is 0 Å². The van der Waals surface area contributed by atoms with E-state index < -0.39 is 5.60 Å². The van der Waals surface area contributed by atoms with E-state index in [4.69, 9.17) is 4.74 Å². The second-order valence-electron chi connectivity index (χ2n) is 8.75. The lowest BCUT2D eigenvalue weighted by Gasteiger charge is -2.44. The van der Waals surface area contributed by atoms with E-state index in [0.717, 1.165) is 16.7 Å². The number of carbonyl (C=O) groups excluding carboxylic acids is 2. The lowest BCUT2D eigenvalue weighted by atomic mass is 9.93. The Balaban J connectivity index is 1.68. The number of hydrogen-bond acceptors (Lipinski definition) is 6. The smallest absolute Gasteiger partial charge is 0.410 e. The molecule has 9 heteroatoms. The van der Waals surface area contributed by atoms with Gasteiger partial charge in [-0.1, -0.05) is 36.0 Å². The van der Waals surface area contributed by atoms with Gasteiger partial charge in [-0.3, -0.25) is 4.90 Å². The highest BCUT2D eigenvalue weighted by atomic mass is 32.2. The highest BCUT2D eigenvalue weighted by Crippen LogP contribution is 2.37. The normalized spacial score (nSPS) is 18.5. The van der Waals surface area contributed by atoms with Crippen molar-refractivity contribution in [3.05, 3.63) is 47.2 Å². The average Bonchev–Trinajstić information content (AvgIpc) is 2.74. The van der Waals surface area contributed by atoms with Gasteiger partial charge in [0.15, 0.2) is 5.16 Å². The Morgan fingerprint density at radius 3 is 2.65 bits per heavy atom. The number of fused-ring (bicyclic) bond motifs is 2. The number of amides is 3. The van der Waals surface area contributed by atoms with E-state index in [1.54, 1.807) is 27.9 Å². The van der Waals surface area contributed by atoms with Crippen molar-refractivity contribution < 1.29 is 14.3 Å². The molecule has 2 aliphatic rings. The van der Waals surface area contributed by atoms with Gasteiger partial charge < -0.3 is 14.5 Å². The third kappa shape index (κ3) is 4.19. The molecule has 4 rings (SSSR count). The zero-order valence-corrected chi connectivity index (χ0v) is 19.3. The highest BCUT2D eigenvalue weighted by Gasteiger charge is 2.40. The molecule has 0 aliphatic carbocycles. The van der Waals surface area contributed by atoms with Crippen molar-refractivity contribution in [2.75, 3.05) is 24.7 Å². The maximum atomic E-state index is 13.4. The first-order valence-corrected chi connectivity index (χ1v) is 11.4. The lowest BCUT2D eigenvalue weighted by molar-refractivity contribution is 0.0151. The van der Waals surface area contributed by atoms with Crippen molar-refractivity contribution in [3.8, 4) is 0 Å². The number of nitrogens with zero attached hydrogens (tertiary/aromatic N) is 5. The van der Waals surface area contributed by atoms with Crippen molar-refractivity contribution in [1.29, 1.82) is 0 Å². The summed E-state index contributed by atoms with van der Waals surface area (Å²) >= 11 is 1.44. The molecule has 0 saturated heterocycles. The van der Waals surface area contributed by atoms with Gasteiger partial charge in [0, 0.05) is 31.9 Å². The molecule has 2 aliphatic heterocycles. The number of urea groups is 1. The maximum absolute atomic E-state index is 13.4. The Morgan fingerprint density at radius 2 is 1.94 bits per heavy atom. The van der Waals surface area contributed by atoms with Crippen LogP contribution in [0.1, 0.15) is 43.5 Å². The van der Waals surface area contributed by atoms with Crippen LogP contribution in [0.5, 0.6) is 0 Å². The first-order chi connectivity index (χ1) is 14.7. The predicted molar refractivity (Wildman–Crippen MR) is 119 cm³/mol. The van der Waals surface area contributed by atoms with Crippen LogP contribution in [0, 0.1) is 0 Å². The quantitative estimate of drug-likeness (QED) is 0.517. The van der Waals surface area contributed by atoms with E-state index in [2.05, 4.69) is 9.97 Å². The van der Waals surface area contributed by atoms with Crippen LogP contribution in [0.15, 0.2) is 35.6 Å². The molecule has 0 spiro atoms. The average molecular weight is 442 g/mol. The summed E-state index contributed by atoms with van der Waals surface area (Å²) in [5.41, 5.74) is 2.36. The minimum atomic E-state index is -0.587. The topological polar surface area (TPSA) is 78.9 Å². The number of thioether (sulfide) groups is 1. The molecule has 1 aromatic heterocycles. The monoisotopic (exact) mass is 441 g/mol. The number of ether oxygens (including phenoxy) is 1. The predicted octanol–water partition coefficient (Wildman–Crippen LogP) is 4.06. The van der Waals surface area contributed by atoms with E-state index in [9.17, 15) is 9.59 Å². The lowest BCUT2D eigenvalue weighted by Crippen LogP contribution is -2.52. The fraction of sp³-hybridized carbons (Fsp3) is 0.455. The number of carbonyl (C=O) groups is 2. The van der Waals surface area contributed by atoms with Crippen molar-refractivity contribution >= 4 is 29.7 Å². The Hall–Kier alpha value is -2.81. The Labute approximate surface area is 186 Å². The molecule has 0 bridgehead atoms. The fourth-order valence-corrected chi connectivity index (χ4v) is 4.31. The van der Waals surface area contributed by atoms with Crippen LogP contribution < -0.4 is 4.90 Å². The van der Waals surface area contributed by atoms with Crippen molar-refractivity contribution in [1.82, 2.24) is 19.8 Å². The number of aromatic nitrogens is 2. The Bertz CT molecular complexity index is 1020. The van der Waals surface area contributed by atoms with Gasteiger partial charge in [0.1, 0.15) is 11.4 Å². The van der Waals surface area contributed by atoms with E-state index >= 15 is 0 Å². The molecule has 3 heterocycles. The van der Waals surface area contributed by atoms with Crippen molar-refractivity contribution in [3.63, 3.8) is 0 Å². The van der Waals surface area contributed by atoms with Crippen LogP contribution in [0.2, 0.25) is 0 Å². The SMILES string of the molecule is CSc1ncc2c(n1)N(C)C(=O)N(C1CN(C(=O)OC(C)(C)C)Cc3ccccc31)C2. The Kier molecular flexibility index (Phi) is 5.55. The Morgan fingerprint density at radius 1 is 1.19 bits per heavy atom. The van der Waals surface area contributed by atoms with Crippen LogP contribution in [-0.4, -0.2) is 57.3 Å². The van der Waals surface area contributed by atoms with Crippen LogP contribution in [0.25, 0.3) is 0 Å². The summed E-state index contributed by atoms with van der Waals surface area (Å²) in [7, 11) is 1.73. The van der Waals surface area contributed by atoms with Crippen molar-refractivity contribution in [2.45, 2.75) is 50.7 Å². The second-order valence-corrected chi connectivity index (χ2v) is 9.52. The first kappa shape index (κ1) is 21.4. The van der Waals surface area contributed by atoms with Gasteiger partial charge in [0.05, 0.1) is 12.6 Å². The summed E-state index contributed by atoms with van der Waals surface area (Å²) in [6, 6.07) is 7.51.